The van der Waals surface area contributed by atoms with Gasteiger partial charge in [-0.25, -0.2) is 0 Å². The van der Waals surface area contributed by atoms with Gasteiger partial charge in [0, 0.05) is 30.0 Å². The average molecular weight is 353 g/mol. The first-order chi connectivity index (χ1) is 12.7. The molecule has 26 heavy (non-hydrogen) atoms. The highest BCUT2D eigenvalue weighted by molar-refractivity contribution is 5.71. The molecule has 7 heteroatoms. The van der Waals surface area contributed by atoms with E-state index in [-0.39, 0.29) is 0 Å². The van der Waals surface area contributed by atoms with Crippen LogP contribution in [0.1, 0.15) is 30.3 Å². The number of aromatic nitrogens is 3. The molecule has 1 aromatic carbocycles. The molecule has 3 aromatic rings. The molecule has 0 unspecified atom stereocenters. The highest BCUT2D eigenvalue weighted by Crippen LogP contribution is 2.33. The van der Waals surface area contributed by atoms with Crippen molar-refractivity contribution in [3.8, 4) is 11.3 Å². The first kappa shape index (κ1) is 16.5. The summed E-state index contributed by atoms with van der Waals surface area (Å²) in [6, 6.07) is 11.7. The standard InChI is InChI=1S/C19H19N3O4/c23-19(24)16-7-4-8-25-18(16)14-10-20-22(11-14)12-15-9-17(21-26-15)13-5-2-1-3-6-13/h1-3,5-6,9-11,16,18H,4,7-8,12H2,(H,23,24)/t16-,18+/m1/s1. The van der Waals surface area contributed by atoms with E-state index >= 15 is 0 Å². The minimum absolute atomic E-state index is 0.421. The molecule has 2 atom stereocenters. The van der Waals surface area contributed by atoms with Gasteiger partial charge in [0.1, 0.15) is 12.2 Å². The number of hydrogen-bond donors (Lipinski definition) is 1. The number of benzene rings is 1. The van der Waals surface area contributed by atoms with Crippen molar-refractivity contribution < 1.29 is 19.2 Å². The Morgan fingerprint density at radius 1 is 1.31 bits per heavy atom. The number of carboxylic acids is 1. The third kappa shape index (κ3) is 3.39. The number of ether oxygens (including phenoxy) is 1. The monoisotopic (exact) mass is 353 g/mol. The maximum Gasteiger partial charge on any atom is 0.309 e. The van der Waals surface area contributed by atoms with Crippen molar-refractivity contribution in [1.82, 2.24) is 14.9 Å². The average Bonchev–Trinajstić information content (AvgIpc) is 3.32. The van der Waals surface area contributed by atoms with Gasteiger partial charge in [0.15, 0.2) is 5.76 Å². The summed E-state index contributed by atoms with van der Waals surface area (Å²) in [6.07, 6.45) is 4.41. The lowest BCUT2D eigenvalue weighted by atomic mass is 9.91. The van der Waals surface area contributed by atoms with E-state index in [9.17, 15) is 9.90 Å². The summed E-state index contributed by atoms with van der Waals surface area (Å²) in [6.45, 7) is 0.993. The number of nitrogens with zero attached hydrogens (tertiary/aromatic N) is 3. The van der Waals surface area contributed by atoms with Crippen LogP contribution in [0.4, 0.5) is 0 Å². The van der Waals surface area contributed by atoms with Gasteiger partial charge in [-0.3, -0.25) is 9.48 Å². The fourth-order valence-corrected chi connectivity index (χ4v) is 3.27. The summed E-state index contributed by atoms with van der Waals surface area (Å²) in [5.74, 6) is -0.681. The lowest BCUT2D eigenvalue weighted by Crippen LogP contribution is -2.28. The Labute approximate surface area is 150 Å². The molecule has 1 saturated heterocycles. The fraction of sp³-hybridized carbons (Fsp3) is 0.316. The van der Waals surface area contributed by atoms with Gasteiger partial charge in [-0.15, -0.1) is 0 Å². The molecule has 0 aliphatic carbocycles. The number of rotatable bonds is 5. The zero-order chi connectivity index (χ0) is 17.9. The molecule has 2 aromatic heterocycles. The van der Waals surface area contributed by atoms with E-state index in [0.717, 1.165) is 23.2 Å². The highest BCUT2D eigenvalue weighted by atomic mass is 16.5. The minimum Gasteiger partial charge on any atom is -0.481 e. The second kappa shape index (κ2) is 7.13. The van der Waals surface area contributed by atoms with Crippen LogP contribution in [0.2, 0.25) is 0 Å². The van der Waals surface area contributed by atoms with E-state index in [0.29, 0.717) is 25.3 Å². The van der Waals surface area contributed by atoms with Gasteiger partial charge in [0.25, 0.3) is 0 Å². The van der Waals surface area contributed by atoms with Crippen LogP contribution in [0.5, 0.6) is 0 Å². The predicted octanol–water partition coefficient (Wildman–Crippen LogP) is 3.14. The topological polar surface area (TPSA) is 90.4 Å². The lowest BCUT2D eigenvalue weighted by Gasteiger charge is -2.28. The third-order valence-corrected chi connectivity index (χ3v) is 4.57. The first-order valence-corrected chi connectivity index (χ1v) is 8.58. The Hall–Kier alpha value is -2.93. The zero-order valence-corrected chi connectivity index (χ0v) is 14.1. The van der Waals surface area contributed by atoms with Crippen LogP contribution in [0, 0.1) is 5.92 Å². The van der Waals surface area contributed by atoms with Gasteiger partial charge in [-0.1, -0.05) is 35.5 Å². The summed E-state index contributed by atoms with van der Waals surface area (Å²) in [5.41, 5.74) is 2.54. The van der Waals surface area contributed by atoms with Gasteiger partial charge in [-0.2, -0.15) is 5.10 Å². The molecular formula is C19H19N3O4. The molecule has 1 aliphatic heterocycles. The van der Waals surface area contributed by atoms with Crippen LogP contribution in [-0.2, 0) is 16.1 Å². The summed E-state index contributed by atoms with van der Waals surface area (Å²) in [7, 11) is 0. The van der Waals surface area contributed by atoms with E-state index in [1.807, 2.05) is 42.6 Å². The van der Waals surface area contributed by atoms with Crippen molar-refractivity contribution in [1.29, 1.82) is 0 Å². The molecule has 0 saturated carbocycles. The van der Waals surface area contributed by atoms with Crippen LogP contribution in [-0.4, -0.2) is 32.6 Å². The lowest BCUT2D eigenvalue weighted by molar-refractivity contribution is -0.151. The molecule has 4 rings (SSSR count). The molecule has 1 N–H and O–H groups in total. The summed E-state index contributed by atoms with van der Waals surface area (Å²) >= 11 is 0. The minimum atomic E-state index is -0.829. The van der Waals surface area contributed by atoms with Gasteiger partial charge >= 0.3 is 5.97 Å². The van der Waals surface area contributed by atoms with Crippen LogP contribution in [0.25, 0.3) is 11.3 Å². The van der Waals surface area contributed by atoms with E-state index in [2.05, 4.69) is 10.3 Å². The normalized spacial score (nSPS) is 20.2. The second-order valence-corrected chi connectivity index (χ2v) is 6.39. The van der Waals surface area contributed by atoms with Crippen molar-refractivity contribution in [2.24, 2.45) is 5.92 Å². The number of carboxylic acid groups (broad SMARTS) is 1. The molecule has 1 fully saturated rings. The number of carbonyl (C=O) groups is 1. The molecule has 0 bridgehead atoms. The summed E-state index contributed by atoms with van der Waals surface area (Å²) < 4.78 is 12.8. The molecule has 134 valence electrons. The van der Waals surface area contributed by atoms with Gasteiger partial charge < -0.3 is 14.4 Å². The Kier molecular flexibility index (Phi) is 4.53. The first-order valence-electron chi connectivity index (χ1n) is 8.58. The highest BCUT2D eigenvalue weighted by Gasteiger charge is 2.33. The van der Waals surface area contributed by atoms with E-state index < -0.39 is 18.0 Å². The van der Waals surface area contributed by atoms with Crippen LogP contribution in [0.15, 0.2) is 53.3 Å². The Bertz CT molecular complexity index is 887. The Morgan fingerprint density at radius 2 is 2.15 bits per heavy atom. The van der Waals surface area contributed by atoms with Gasteiger partial charge in [0.05, 0.1) is 18.2 Å². The van der Waals surface area contributed by atoms with Gasteiger partial charge in [0.2, 0.25) is 0 Å². The van der Waals surface area contributed by atoms with Crippen LogP contribution >= 0.6 is 0 Å². The SMILES string of the molecule is O=C(O)[C@@H]1CCCO[C@H]1c1cnn(Cc2cc(-c3ccccc3)no2)c1. The number of hydrogen-bond acceptors (Lipinski definition) is 5. The Morgan fingerprint density at radius 3 is 2.96 bits per heavy atom. The predicted molar refractivity (Wildman–Crippen MR) is 92.3 cm³/mol. The van der Waals surface area contributed by atoms with Crippen LogP contribution < -0.4 is 0 Å². The molecule has 0 spiro atoms. The fourth-order valence-electron chi connectivity index (χ4n) is 3.27. The zero-order valence-electron chi connectivity index (χ0n) is 14.1. The molecule has 7 nitrogen and oxygen atoms in total. The summed E-state index contributed by atoms with van der Waals surface area (Å²) in [5, 5.41) is 17.8. The van der Waals surface area contributed by atoms with Crippen molar-refractivity contribution in [3.63, 3.8) is 0 Å². The molecule has 0 amide bonds. The Balaban J connectivity index is 1.49. The quantitative estimate of drug-likeness (QED) is 0.758. The van der Waals surface area contributed by atoms with Gasteiger partial charge in [-0.05, 0) is 12.8 Å². The molecule has 1 aliphatic rings. The summed E-state index contributed by atoms with van der Waals surface area (Å²) in [4.78, 5) is 11.4. The van der Waals surface area contributed by atoms with Crippen molar-refractivity contribution in [2.75, 3.05) is 6.61 Å². The maximum atomic E-state index is 11.4. The molecule has 0 radical (unpaired) electrons. The van der Waals surface area contributed by atoms with Crippen molar-refractivity contribution in [2.45, 2.75) is 25.5 Å². The second-order valence-electron chi connectivity index (χ2n) is 6.39. The number of aliphatic carboxylic acids is 1. The van der Waals surface area contributed by atoms with E-state index in [4.69, 9.17) is 9.26 Å². The third-order valence-electron chi connectivity index (χ3n) is 4.57. The smallest absolute Gasteiger partial charge is 0.309 e. The maximum absolute atomic E-state index is 11.4. The van der Waals surface area contributed by atoms with Crippen LogP contribution in [0.3, 0.4) is 0 Å². The molecular weight excluding hydrogens is 334 g/mol. The van der Waals surface area contributed by atoms with Crippen molar-refractivity contribution >= 4 is 5.97 Å². The van der Waals surface area contributed by atoms with E-state index in [1.54, 1.807) is 10.9 Å². The van der Waals surface area contributed by atoms with Crippen molar-refractivity contribution in [3.05, 3.63) is 60.1 Å². The molecule has 3 heterocycles. The largest absolute Gasteiger partial charge is 0.481 e. The van der Waals surface area contributed by atoms with E-state index in [1.165, 1.54) is 0 Å².